The Kier molecular flexibility index (Phi) is 2.40. The Labute approximate surface area is 73.2 Å². The fraction of sp³-hybridized carbons (Fsp3) is 1.00. The largest absolute Gasteiger partial charge is 0.351 e. The third-order valence-corrected chi connectivity index (χ3v) is 2.99. The van der Waals surface area contributed by atoms with E-state index < -0.39 is 9.90 Å². The summed E-state index contributed by atoms with van der Waals surface area (Å²) < 4.78 is 3.88. The van der Waals surface area contributed by atoms with Crippen LogP contribution in [0.3, 0.4) is 0 Å². The van der Waals surface area contributed by atoms with Crippen LogP contribution in [0.15, 0.2) is 0 Å². The average molecular weight is 210 g/mol. The van der Waals surface area contributed by atoms with Crippen LogP contribution >= 0.6 is 46.4 Å². The van der Waals surface area contributed by atoms with Crippen LogP contribution in [0, 0.1) is 0 Å². The molecule has 5 heteroatoms. The maximum absolute atomic E-state index is 5.65. The fourth-order valence-electron chi connectivity index (χ4n) is 0.539. The van der Waals surface area contributed by atoms with Crippen LogP contribution < -0.4 is 0 Å². The summed E-state index contributed by atoms with van der Waals surface area (Å²) in [5.74, 6) is 0.274. The molecule has 54 valence electrons. The molecule has 1 rings (SSSR count). The van der Waals surface area contributed by atoms with Gasteiger partial charge in [-0.15, -0.1) is 11.6 Å². The van der Waals surface area contributed by atoms with Gasteiger partial charge in [-0.2, -0.15) is 0 Å². The van der Waals surface area contributed by atoms with Crippen molar-refractivity contribution in [1.82, 2.24) is 0 Å². The lowest BCUT2D eigenvalue weighted by molar-refractivity contribution is -0.0756. The molecular weight excluding hydrogens is 206 g/mol. The highest BCUT2D eigenvalue weighted by atomic mass is 35.5. The third-order valence-electron chi connectivity index (χ3n) is 1.16. The van der Waals surface area contributed by atoms with Gasteiger partial charge in [0.05, 0.1) is 5.88 Å². The predicted octanol–water partition coefficient (Wildman–Crippen LogP) is 2.36. The minimum Gasteiger partial charge on any atom is -0.351 e. The van der Waals surface area contributed by atoms with E-state index >= 15 is 0 Å². The average Bonchev–Trinajstić information content (AvgIpc) is 1.82. The molecule has 2 unspecified atom stereocenters. The summed E-state index contributed by atoms with van der Waals surface area (Å²) in [6.45, 7) is 0. The highest BCUT2D eigenvalue weighted by Gasteiger charge is 2.53. The molecule has 1 saturated heterocycles. The molecular formula is C4H4Cl4O. The molecule has 1 aliphatic heterocycles. The van der Waals surface area contributed by atoms with Gasteiger partial charge in [0.1, 0.15) is 6.10 Å². The van der Waals surface area contributed by atoms with E-state index in [0.717, 1.165) is 0 Å². The summed E-state index contributed by atoms with van der Waals surface area (Å²) in [5.41, 5.74) is -0.621. The first-order valence-electron chi connectivity index (χ1n) is 2.32. The molecule has 0 bridgehead atoms. The molecule has 9 heavy (non-hydrogen) atoms. The third kappa shape index (κ3) is 1.26. The molecule has 0 aromatic heterocycles. The second kappa shape index (κ2) is 2.63. The molecule has 0 radical (unpaired) electrons. The molecule has 2 atom stereocenters. The SMILES string of the molecule is ClCC1OC(Cl)C1(Cl)Cl. The first-order valence-corrected chi connectivity index (χ1v) is 4.05. The lowest BCUT2D eigenvalue weighted by Crippen LogP contribution is -2.56. The maximum atomic E-state index is 5.65. The molecule has 1 fully saturated rings. The summed E-state index contributed by atoms with van der Waals surface area (Å²) in [4.78, 5) is 0. The van der Waals surface area contributed by atoms with E-state index in [-0.39, 0.29) is 12.0 Å². The molecule has 1 heterocycles. The van der Waals surface area contributed by atoms with Crippen molar-refractivity contribution < 1.29 is 4.74 Å². The van der Waals surface area contributed by atoms with E-state index in [0.29, 0.717) is 0 Å². The second-order valence-electron chi connectivity index (χ2n) is 1.77. The van der Waals surface area contributed by atoms with Crippen molar-refractivity contribution >= 4 is 46.4 Å². The smallest absolute Gasteiger partial charge is 0.185 e. The van der Waals surface area contributed by atoms with Gasteiger partial charge in [-0.05, 0) is 0 Å². The summed E-state index contributed by atoms with van der Waals surface area (Å²) in [5, 5.41) is 0. The van der Waals surface area contributed by atoms with Crippen LogP contribution in [0.4, 0.5) is 0 Å². The van der Waals surface area contributed by atoms with Crippen molar-refractivity contribution in [3.05, 3.63) is 0 Å². The first kappa shape index (κ1) is 8.22. The van der Waals surface area contributed by atoms with Crippen LogP contribution in [-0.2, 0) is 4.74 Å². The molecule has 0 N–H and O–H groups in total. The second-order valence-corrected chi connectivity index (χ2v) is 3.92. The van der Waals surface area contributed by atoms with Crippen molar-refractivity contribution in [2.45, 2.75) is 16.0 Å². The lowest BCUT2D eigenvalue weighted by Gasteiger charge is -2.42. The Morgan fingerprint density at radius 2 is 2.00 bits per heavy atom. The molecule has 0 aromatic rings. The van der Waals surface area contributed by atoms with Gasteiger partial charge in [0.25, 0.3) is 0 Å². The van der Waals surface area contributed by atoms with Gasteiger partial charge in [-0.25, -0.2) is 0 Å². The summed E-state index contributed by atoms with van der Waals surface area (Å²) >= 11 is 22.2. The van der Waals surface area contributed by atoms with Crippen molar-refractivity contribution in [3.8, 4) is 0 Å². The lowest BCUT2D eigenvalue weighted by atomic mass is 10.2. The summed E-state index contributed by atoms with van der Waals surface area (Å²) in [6, 6.07) is 0. The highest BCUT2D eigenvalue weighted by molar-refractivity contribution is 6.53. The number of halogens is 4. The van der Waals surface area contributed by atoms with E-state index in [1.807, 2.05) is 0 Å². The fourth-order valence-corrected chi connectivity index (χ4v) is 1.64. The number of hydrogen-bond donors (Lipinski definition) is 0. The van der Waals surface area contributed by atoms with E-state index in [1.54, 1.807) is 0 Å². The quantitative estimate of drug-likeness (QED) is 0.603. The number of rotatable bonds is 1. The number of alkyl halides is 4. The maximum Gasteiger partial charge on any atom is 0.185 e. The van der Waals surface area contributed by atoms with E-state index in [2.05, 4.69) is 0 Å². The van der Waals surface area contributed by atoms with E-state index in [1.165, 1.54) is 0 Å². The molecule has 0 spiro atoms. The highest BCUT2D eigenvalue weighted by Crippen LogP contribution is 2.45. The molecule has 0 aromatic carbocycles. The van der Waals surface area contributed by atoms with Crippen molar-refractivity contribution in [1.29, 1.82) is 0 Å². The summed E-state index contributed by atoms with van der Waals surface area (Å²) in [7, 11) is 0. The zero-order valence-electron chi connectivity index (χ0n) is 4.28. The molecule has 0 aliphatic carbocycles. The predicted molar refractivity (Wildman–Crippen MR) is 39.7 cm³/mol. The topological polar surface area (TPSA) is 9.23 Å². The van der Waals surface area contributed by atoms with Gasteiger partial charge in [0, 0.05) is 0 Å². The van der Waals surface area contributed by atoms with Crippen molar-refractivity contribution in [3.63, 3.8) is 0 Å². The van der Waals surface area contributed by atoms with Gasteiger partial charge in [0.2, 0.25) is 0 Å². The van der Waals surface area contributed by atoms with Gasteiger partial charge in [-0.1, -0.05) is 34.8 Å². The monoisotopic (exact) mass is 208 g/mol. The van der Waals surface area contributed by atoms with Crippen LogP contribution in [-0.4, -0.2) is 21.9 Å². The Morgan fingerprint density at radius 3 is 2.11 bits per heavy atom. The Balaban J connectivity index is 2.48. The van der Waals surface area contributed by atoms with Crippen LogP contribution in [0.2, 0.25) is 0 Å². The normalized spacial score (nSPS) is 40.0. The standard InChI is InChI=1S/C4H4Cl4O/c5-1-2-4(7,8)3(6)9-2/h2-3H,1H2. The molecule has 0 amide bonds. The van der Waals surface area contributed by atoms with Crippen LogP contribution in [0.25, 0.3) is 0 Å². The molecule has 0 saturated carbocycles. The van der Waals surface area contributed by atoms with Gasteiger partial charge in [0.15, 0.2) is 9.90 Å². The zero-order chi connectivity index (χ0) is 7.07. The van der Waals surface area contributed by atoms with Crippen molar-refractivity contribution in [2.24, 2.45) is 0 Å². The van der Waals surface area contributed by atoms with Gasteiger partial charge in [-0.3, -0.25) is 0 Å². The number of ether oxygens (including phenoxy) is 1. The number of hydrogen-bond acceptors (Lipinski definition) is 1. The summed E-state index contributed by atoms with van der Waals surface area (Å²) in [6.07, 6.45) is -0.329. The molecule has 1 nitrogen and oxygen atoms in total. The molecule has 1 aliphatic rings. The van der Waals surface area contributed by atoms with Crippen LogP contribution in [0.1, 0.15) is 0 Å². The van der Waals surface area contributed by atoms with Gasteiger partial charge >= 0.3 is 0 Å². The zero-order valence-corrected chi connectivity index (χ0v) is 7.31. The Hall–Kier alpha value is 1.12. The minimum absolute atomic E-state index is 0.274. The Morgan fingerprint density at radius 1 is 1.44 bits per heavy atom. The van der Waals surface area contributed by atoms with Crippen molar-refractivity contribution in [2.75, 3.05) is 5.88 Å². The van der Waals surface area contributed by atoms with E-state index in [4.69, 9.17) is 51.1 Å². The Bertz CT molecular complexity index is 115. The first-order chi connectivity index (χ1) is 4.09. The minimum atomic E-state index is -0.997. The van der Waals surface area contributed by atoms with Gasteiger partial charge < -0.3 is 4.74 Å². The van der Waals surface area contributed by atoms with Crippen LogP contribution in [0.5, 0.6) is 0 Å². The van der Waals surface area contributed by atoms with E-state index in [9.17, 15) is 0 Å².